The summed E-state index contributed by atoms with van der Waals surface area (Å²) in [5, 5.41) is 59.7. The van der Waals surface area contributed by atoms with Crippen LogP contribution in [0.15, 0.2) is 24.3 Å². The molecule has 0 unspecified atom stereocenters. The number of hydrogen-bond acceptors (Lipinski definition) is 8. The van der Waals surface area contributed by atoms with Crippen molar-refractivity contribution in [3.05, 3.63) is 24.3 Å². The summed E-state index contributed by atoms with van der Waals surface area (Å²) in [6.07, 6.45) is -1.87. The van der Waals surface area contributed by atoms with Crippen molar-refractivity contribution in [3.63, 3.8) is 0 Å². The Morgan fingerprint density at radius 3 is 2.28 bits per heavy atom. The fraction of sp³-hybridized carbons (Fsp3) is 0.810. The Labute approximate surface area is 173 Å². The molecule has 7 atom stereocenters. The molecule has 1 aliphatic heterocycles. The summed E-state index contributed by atoms with van der Waals surface area (Å²) >= 11 is 0. The summed E-state index contributed by atoms with van der Waals surface area (Å²) in [5.41, 5.74) is -1.12. The lowest BCUT2D eigenvalue weighted by Gasteiger charge is -2.42. The van der Waals surface area contributed by atoms with E-state index in [-0.39, 0.29) is 0 Å². The minimum atomic E-state index is -1.53. The second-order valence-electron chi connectivity index (χ2n) is 8.66. The van der Waals surface area contributed by atoms with Crippen molar-refractivity contribution in [1.29, 1.82) is 0 Å². The predicted octanol–water partition coefficient (Wildman–Crippen LogP) is 0.386. The van der Waals surface area contributed by atoms with Gasteiger partial charge < -0.3 is 40.1 Å². The van der Waals surface area contributed by atoms with Crippen molar-refractivity contribution < 1.29 is 40.1 Å². The van der Waals surface area contributed by atoms with Gasteiger partial charge in [-0.3, -0.25) is 0 Å². The van der Waals surface area contributed by atoms with Gasteiger partial charge in [-0.25, -0.2) is 0 Å². The van der Waals surface area contributed by atoms with Crippen LogP contribution in [0, 0.1) is 0 Å². The van der Waals surface area contributed by atoms with E-state index < -0.39 is 54.6 Å². The van der Waals surface area contributed by atoms with Gasteiger partial charge in [-0.05, 0) is 53.4 Å². The van der Waals surface area contributed by atoms with Gasteiger partial charge in [-0.2, -0.15) is 0 Å². The molecule has 0 bridgehead atoms. The maximum absolute atomic E-state index is 10.5. The molecule has 0 amide bonds. The van der Waals surface area contributed by atoms with Crippen molar-refractivity contribution >= 4 is 0 Å². The van der Waals surface area contributed by atoms with Crippen LogP contribution in [0.25, 0.3) is 0 Å². The Bertz CT molecular complexity index is 537. The van der Waals surface area contributed by atoms with Gasteiger partial charge in [0.2, 0.25) is 0 Å². The maximum Gasteiger partial charge on any atom is 0.187 e. The molecule has 170 valence electrons. The normalized spacial score (nSPS) is 31.9. The number of allylic oxidation sites excluding steroid dienone is 2. The van der Waals surface area contributed by atoms with E-state index in [1.54, 1.807) is 20.8 Å². The zero-order chi connectivity index (χ0) is 22.4. The van der Waals surface area contributed by atoms with Crippen LogP contribution in [0.5, 0.6) is 0 Å². The molecule has 6 N–H and O–H groups in total. The van der Waals surface area contributed by atoms with Crippen LogP contribution in [-0.2, 0) is 9.47 Å². The van der Waals surface area contributed by atoms with Gasteiger partial charge in [0, 0.05) is 0 Å². The van der Waals surface area contributed by atoms with E-state index in [0.717, 1.165) is 5.57 Å². The molecule has 8 nitrogen and oxygen atoms in total. The molecule has 1 heterocycles. The highest BCUT2D eigenvalue weighted by Gasteiger charge is 2.46. The first-order chi connectivity index (χ1) is 13.3. The van der Waals surface area contributed by atoms with Crippen LogP contribution < -0.4 is 0 Å². The van der Waals surface area contributed by atoms with E-state index in [2.05, 4.69) is 6.58 Å². The average molecular weight is 419 g/mol. The van der Waals surface area contributed by atoms with E-state index in [1.165, 1.54) is 6.08 Å². The van der Waals surface area contributed by atoms with Crippen molar-refractivity contribution in [1.82, 2.24) is 0 Å². The largest absolute Gasteiger partial charge is 0.394 e. The molecule has 0 saturated carbocycles. The molecule has 1 aliphatic rings. The second kappa shape index (κ2) is 11.0. The molecule has 0 aromatic rings. The molecule has 0 aromatic heterocycles. The zero-order valence-corrected chi connectivity index (χ0v) is 17.9. The molecule has 0 aromatic carbocycles. The Morgan fingerprint density at radius 2 is 1.76 bits per heavy atom. The summed E-state index contributed by atoms with van der Waals surface area (Å²) in [6, 6.07) is 0. The van der Waals surface area contributed by atoms with Gasteiger partial charge in [0.25, 0.3) is 0 Å². The monoisotopic (exact) mass is 418 g/mol. The van der Waals surface area contributed by atoms with Crippen molar-refractivity contribution in [3.8, 4) is 0 Å². The number of aliphatic hydroxyl groups excluding tert-OH is 4. The van der Waals surface area contributed by atoms with E-state index in [0.29, 0.717) is 25.7 Å². The quantitative estimate of drug-likeness (QED) is 0.265. The Kier molecular flexibility index (Phi) is 9.91. The fourth-order valence-electron chi connectivity index (χ4n) is 3.10. The summed E-state index contributed by atoms with van der Waals surface area (Å²) in [5.74, 6) is 0. The molecule has 0 aliphatic carbocycles. The van der Waals surface area contributed by atoms with Gasteiger partial charge in [-0.1, -0.05) is 17.7 Å². The van der Waals surface area contributed by atoms with E-state index in [1.807, 2.05) is 13.0 Å². The summed E-state index contributed by atoms with van der Waals surface area (Å²) in [4.78, 5) is 0. The van der Waals surface area contributed by atoms with Crippen molar-refractivity contribution in [2.75, 3.05) is 6.61 Å². The Hall–Kier alpha value is -0.840. The molecule has 0 spiro atoms. The Morgan fingerprint density at radius 1 is 1.14 bits per heavy atom. The van der Waals surface area contributed by atoms with E-state index >= 15 is 0 Å². The molecule has 29 heavy (non-hydrogen) atoms. The predicted molar refractivity (Wildman–Crippen MR) is 108 cm³/mol. The minimum Gasteiger partial charge on any atom is -0.394 e. The molecular formula is C21H38O8. The zero-order valence-electron chi connectivity index (χ0n) is 17.9. The summed E-state index contributed by atoms with van der Waals surface area (Å²) in [7, 11) is 0. The third kappa shape index (κ3) is 8.07. The molecule has 1 saturated heterocycles. The highest BCUT2D eigenvalue weighted by Crippen LogP contribution is 2.28. The first-order valence-corrected chi connectivity index (χ1v) is 10.0. The lowest BCUT2D eigenvalue weighted by atomic mass is 9.94. The highest BCUT2D eigenvalue weighted by molar-refractivity contribution is 5.02. The van der Waals surface area contributed by atoms with Crippen molar-refractivity contribution in [2.24, 2.45) is 0 Å². The van der Waals surface area contributed by atoms with E-state index in [4.69, 9.17) is 9.47 Å². The third-order valence-electron chi connectivity index (χ3n) is 5.32. The topological polar surface area (TPSA) is 140 Å². The maximum atomic E-state index is 10.5. The van der Waals surface area contributed by atoms with Crippen LogP contribution in [0.3, 0.4) is 0 Å². The number of aliphatic hydroxyl groups is 6. The molecule has 1 fully saturated rings. The minimum absolute atomic E-state index is 0.415. The van der Waals surface area contributed by atoms with Crippen LogP contribution >= 0.6 is 0 Å². The van der Waals surface area contributed by atoms with Crippen LogP contribution in [0.2, 0.25) is 0 Å². The van der Waals surface area contributed by atoms with E-state index in [9.17, 15) is 30.6 Å². The summed E-state index contributed by atoms with van der Waals surface area (Å²) < 4.78 is 11.1. The number of hydrogen-bond donors (Lipinski definition) is 6. The first kappa shape index (κ1) is 26.2. The van der Waals surface area contributed by atoms with Crippen LogP contribution in [0.1, 0.15) is 53.4 Å². The smallest absolute Gasteiger partial charge is 0.187 e. The van der Waals surface area contributed by atoms with Gasteiger partial charge in [0.05, 0.1) is 23.9 Å². The van der Waals surface area contributed by atoms with Gasteiger partial charge in [0.1, 0.15) is 24.4 Å². The molecule has 8 heteroatoms. The summed E-state index contributed by atoms with van der Waals surface area (Å²) in [6.45, 7) is 9.84. The Balaban J connectivity index is 2.72. The number of rotatable bonds is 11. The average Bonchev–Trinajstić information content (AvgIpc) is 2.63. The molecule has 0 radical (unpaired) electrons. The molecular weight excluding hydrogens is 380 g/mol. The van der Waals surface area contributed by atoms with Gasteiger partial charge in [-0.15, -0.1) is 6.58 Å². The standard InChI is InChI=1S/C21H38O8/c1-6-21(5,27)11-7-8-13(2)9-10-15(20(3,4)26)29-19-18(25)17(24)16(23)14(12-22)28-19/h6,8,14-19,22-27H,1,7,9-12H2,2-5H3/b13-8-/t14-,15+,16+,17-,18+,19-,21+/m0/s1. The number of ether oxygens (including phenoxy) is 2. The third-order valence-corrected chi connectivity index (χ3v) is 5.32. The second-order valence-corrected chi connectivity index (χ2v) is 8.66. The lowest BCUT2D eigenvalue weighted by molar-refractivity contribution is -0.322. The lowest BCUT2D eigenvalue weighted by Crippen LogP contribution is -2.60. The van der Waals surface area contributed by atoms with Crippen LogP contribution in [-0.4, -0.2) is 85.3 Å². The highest BCUT2D eigenvalue weighted by atomic mass is 16.7. The van der Waals surface area contributed by atoms with Crippen molar-refractivity contribution in [2.45, 2.75) is 101 Å². The molecule has 1 rings (SSSR count). The SMILES string of the molecule is C=C[C@@](C)(O)CC/C=C(/C)CC[C@@H](O[C@@H]1O[C@@H](CO)[C@@H](O)[C@H](O)[C@H]1O)C(C)(C)O. The van der Waals surface area contributed by atoms with Gasteiger partial charge >= 0.3 is 0 Å². The fourth-order valence-corrected chi connectivity index (χ4v) is 3.10. The first-order valence-electron chi connectivity index (χ1n) is 10.0. The van der Waals surface area contributed by atoms with Gasteiger partial charge in [0.15, 0.2) is 6.29 Å². The van der Waals surface area contributed by atoms with Crippen LogP contribution in [0.4, 0.5) is 0 Å².